The number of amides is 2. The number of ether oxygens (including phenoxy) is 2. The molecule has 0 radical (unpaired) electrons. The van der Waals surface area contributed by atoms with Crippen LogP contribution in [0.2, 0.25) is 0 Å². The van der Waals surface area contributed by atoms with E-state index in [-0.39, 0.29) is 18.4 Å². The van der Waals surface area contributed by atoms with Crippen molar-refractivity contribution in [3.05, 3.63) is 24.3 Å². The summed E-state index contributed by atoms with van der Waals surface area (Å²) >= 11 is 0. The lowest BCUT2D eigenvalue weighted by Gasteiger charge is -2.28. The van der Waals surface area contributed by atoms with Gasteiger partial charge < -0.3 is 19.7 Å². The molecule has 29 heavy (non-hydrogen) atoms. The van der Waals surface area contributed by atoms with Crippen molar-refractivity contribution < 1.29 is 19.1 Å². The number of unbranched alkanes of at least 4 members (excludes halogenated alkanes) is 1. The largest absolute Gasteiger partial charge is 0.484 e. The molecular weight excluding hydrogens is 368 g/mol. The standard InChI is InChI=1S/C23H36N2O4/c1-4-6-14-23(3,29-17-5-2)22(27)24-19-10-12-20(13-11-19)28-18-21(26)25-15-8-7-9-16-25/h10-13H,4-9,14-18H2,1-3H3,(H,24,27). The molecule has 1 unspecified atom stereocenters. The molecule has 1 aliphatic heterocycles. The van der Waals surface area contributed by atoms with E-state index in [0.29, 0.717) is 24.5 Å². The van der Waals surface area contributed by atoms with Gasteiger partial charge in [-0.2, -0.15) is 0 Å². The summed E-state index contributed by atoms with van der Waals surface area (Å²) < 4.78 is 11.5. The lowest BCUT2D eigenvalue weighted by Crippen LogP contribution is -2.43. The van der Waals surface area contributed by atoms with Crippen LogP contribution in [0.25, 0.3) is 0 Å². The van der Waals surface area contributed by atoms with Gasteiger partial charge in [-0.1, -0.05) is 26.7 Å². The quantitative estimate of drug-likeness (QED) is 0.594. The van der Waals surface area contributed by atoms with Crippen molar-refractivity contribution in [2.45, 2.75) is 71.3 Å². The zero-order valence-corrected chi connectivity index (χ0v) is 18.2. The Hall–Kier alpha value is -2.08. The number of hydrogen-bond donors (Lipinski definition) is 1. The van der Waals surface area contributed by atoms with Crippen LogP contribution in [0.1, 0.15) is 65.7 Å². The Morgan fingerprint density at radius 3 is 2.38 bits per heavy atom. The first-order chi connectivity index (χ1) is 14.0. The number of piperidine rings is 1. The molecule has 1 aromatic carbocycles. The lowest BCUT2D eigenvalue weighted by atomic mass is 9.97. The number of hydrogen-bond acceptors (Lipinski definition) is 4. The Balaban J connectivity index is 1.87. The minimum atomic E-state index is -0.831. The second-order valence-corrected chi connectivity index (χ2v) is 7.89. The van der Waals surface area contributed by atoms with Crippen molar-refractivity contribution in [2.75, 3.05) is 31.6 Å². The molecule has 1 heterocycles. The van der Waals surface area contributed by atoms with Crippen molar-refractivity contribution >= 4 is 17.5 Å². The molecule has 0 saturated carbocycles. The van der Waals surface area contributed by atoms with Crippen LogP contribution < -0.4 is 10.1 Å². The maximum absolute atomic E-state index is 12.8. The fourth-order valence-corrected chi connectivity index (χ4v) is 3.37. The van der Waals surface area contributed by atoms with Gasteiger partial charge in [0.25, 0.3) is 11.8 Å². The van der Waals surface area contributed by atoms with E-state index in [1.54, 1.807) is 24.3 Å². The van der Waals surface area contributed by atoms with E-state index in [1.165, 1.54) is 6.42 Å². The highest BCUT2D eigenvalue weighted by molar-refractivity contribution is 5.97. The summed E-state index contributed by atoms with van der Waals surface area (Å²) in [4.78, 5) is 26.9. The molecule has 0 aliphatic carbocycles. The maximum Gasteiger partial charge on any atom is 0.260 e. The van der Waals surface area contributed by atoms with Gasteiger partial charge in [0, 0.05) is 25.4 Å². The Morgan fingerprint density at radius 1 is 1.07 bits per heavy atom. The van der Waals surface area contributed by atoms with Gasteiger partial charge in [-0.3, -0.25) is 9.59 Å². The second-order valence-electron chi connectivity index (χ2n) is 7.89. The van der Waals surface area contributed by atoms with E-state index in [0.717, 1.165) is 45.2 Å². The Kier molecular flexibility index (Phi) is 9.45. The number of carbonyl (C=O) groups excluding carboxylic acids is 2. The molecule has 1 fully saturated rings. The third-order valence-electron chi connectivity index (χ3n) is 5.30. The molecule has 2 rings (SSSR count). The van der Waals surface area contributed by atoms with Crippen LogP contribution in [0.15, 0.2) is 24.3 Å². The molecule has 6 nitrogen and oxygen atoms in total. The number of rotatable bonds is 11. The SMILES string of the molecule is CCCCC(C)(OCCC)C(=O)Nc1ccc(OCC(=O)N2CCCCC2)cc1. The van der Waals surface area contributed by atoms with Crippen LogP contribution in [0.4, 0.5) is 5.69 Å². The minimum absolute atomic E-state index is 0.0295. The van der Waals surface area contributed by atoms with E-state index in [1.807, 2.05) is 18.7 Å². The third-order valence-corrected chi connectivity index (χ3v) is 5.30. The summed E-state index contributed by atoms with van der Waals surface area (Å²) in [6.45, 7) is 8.25. The summed E-state index contributed by atoms with van der Waals surface area (Å²) in [6, 6.07) is 7.13. The average Bonchev–Trinajstić information content (AvgIpc) is 2.76. The first-order valence-corrected chi connectivity index (χ1v) is 10.9. The predicted molar refractivity (Wildman–Crippen MR) is 115 cm³/mol. The monoisotopic (exact) mass is 404 g/mol. The van der Waals surface area contributed by atoms with Gasteiger partial charge in [0.05, 0.1) is 0 Å². The fraction of sp³-hybridized carbons (Fsp3) is 0.652. The second kappa shape index (κ2) is 11.8. The van der Waals surface area contributed by atoms with Crippen LogP contribution in [-0.4, -0.2) is 48.6 Å². The molecule has 162 valence electrons. The fourth-order valence-electron chi connectivity index (χ4n) is 3.37. The minimum Gasteiger partial charge on any atom is -0.484 e. The Morgan fingerprint density at radius 2 is 1.76 bits per heavy atom. The van der Waals surface area contributed by atoms with Crippen LogP contribution in [-0.2, 0) is 14.3 Å². The van der Waals surface area contributed by atoms with Crippen molar-refractivity contribution in [1.82, 2.24) is 4.90 Å². The molecule has 0 aromatic heterocycles. The summed E-state index contributed by atoms with van der Waals surface area (Å²) in [5, 5.41) is 2.95. The van der Waals surface area contributed by atoms with Gasteiger partial charge in [0.15, 0.2) is 6.61 Å². The molecule has 1 saturated heterocycles. The van der Waals surface area contributed by atoms with Crippen molar-refractivity contribution in [3.8, 4) is 5.75 Å². The Labute approximate surface area is 174 Å². The van der Waals surface area contributed by atoms with Gasteiger partial charge >= 0.3 is 0 Å². The third kappa shape index (κ3) is 7.35. The summed E-state index contributed by atoms with van der Waals surface area (Å²) in [5.41, 5.74) is -0.144. The molecule has 0 spiro atoms. The van der Waals surface area contributed by atoms with Gasteiger partial charge in [-0.15, -0.1) is 0 Å². The van der Waals surface area contributed by atoms with Crippen LogP contribution >= 0.6 is 0 Å². The average molecular weight is 405 g/mol. The molecule has 6 heteroatoms. The Bertz CT molecular complexity index is 631. The first-order valence-electron chi connectivity index (χ1n) is 10.9. The number of anilines is 1. The van der Waals surface area contributed by atoms with Crippen molar-refractivity contribution in [2.24, 2.45) is 0 Å². The van der Waals surface area contributed by atoms with E-state index in [9.17, 15) is 9.59 Å². The van der Waals surface area contributed by atoms with Crippen molar-refractivity contribution in [3.63, 3.8) is 0 Å². The van der Waals surface area contributed by atoms with Gasteiger partial charge in [-0.25, -0.2) is 0 Å². The molecule has 1 N–H and O–H groups in total. The topological polar surface area (TPSA) is 67.9 Å². The normalized spacial score (nSPS) is 16.2. The van der Waals surface area contributed by atoms with E-state index in [2.05, 4.69) is 12.2 Å². The number of nitrogens with one attached hydrogen (secondary N) is 1. The molecular formula is C23H36N2O4. The summed E-state index contributed by atoms with van der Waals surface area (Å²) in [5.74, 6) is 0.513. The highest BCUT2D eigenvalue weighted by Crippen LogP contribution is 2.23. The van der Waals surface area contributed by atoms with Crippen molar-refractivity contribution in [1.29, 1.82) is 0 Å². The zero-order valence-electron chi connectivity index (χ0n) is 18.2. The lowest BCUT2D eigenvalue weighted by molar-refractivity contribution is -0.140. The number of nitrogens with zero attached hydrogens (tertiary/aromatic N) is 1. The van der Waals surface area contributed by atoms with E-state index < -0.39 is 5.60 Å². The maximum atomic E-state index is 12.8. The summed E-state index contributed by atoms with van der Waals surface area (Å²) in [6.07, 6.45) is 6.84. The van der Waals surface area contributed by atoms with Crippen LogP contribution in [0.3, 0.4) is 0 Å². The van der Waals surface area contributed by atoms with Gasteiger partial charge in [-0.05, 0) is 63.3 Å². The van der Waals surface area contributed by atoms with Gasteiger partial charge in [0.1, 0.15) is 11.4 Å². The van der Waals surface area contributed by atoms with Gasteiger partial charge in [0.2, 0.25) is 0 Å². The molecule has 2 amide bonds. The number of carbonyl (C=O) groups is 2. The van der Waals surface area contributed by atoms with E-state index >= 15 is 0 Å². The smallest absolute Gasteiger partial charge is 0.260 e. The molecule has 1 aromatic rings. The number of likely N-dealkylation sites (tertiary alicyclic amines) is 1. The first kappa shape index (κ1) is 23.2. The predicted octanol–water partition coefficient (Wildman–Crippen LogP) is 4.39. The highest BCUT2D eigenvalue weighted by atomic mass is 16.5. The summed E-state index contributed by atoms with van der Waals surface area (Å²) in [7, 11) is 0. The van der Waals surface area contributed by atoms with E-state index in [4.69, 9.17) is 9.47 Å². The number of benzene rings is 1. The molecule has 1 aliphatic rings. The molecule has 1 atom stereocenters. The molecule has 0 bridgehead atoms. The zero-order chi connectivity index (χ0) is 21.1. The van der Waals surface area contributed by atoms with Crippen LogP contribution in [0, 0.1) is 0 Å². The highest BCUT2D eigenvalue weighted by Gasteiger charge is 2.33. The van der Waals surface area contributed by atoms with Crippen LogP contribution in [0.5, 0.6) is 5.75 Å².